The maximum absolute atomic E-state index is 4.67. The van der Waals surface area contributed by atoms with E-state index < -0.39 is 0 Å². The van der Waals surface area contributed by atoms with Gasteiger partial charge in [-0.25, -0.2) is 4.99 Å². The Bertz CT molecular complexity index is 450. The highest BCUT2D eigenvalue weighted by atomic mass is 15.2. The number of nitrogens with one attached hydrogen (secondary N) is 2. The van der Waals surface area contributed by atoms with Crippen LogP contribution < -0.4 is 10.6 Å². The van der Waals surface area contributed by atoms with Crippen molar-refractivity contribution in [3.63, 3.8) is 0 Å². The number of hydrogen-bond donors (Lipinski definition) is 2. The molecule has 0 bridgehead atoms. The van der Waals surface area contributed by atoms with Crippen LogP contribution in [-0.2, 0) is 13.1 Å². The molecule has 0 saturated heterocycles. The van der Waals surface area contributed by atoms with Gasteiger partial charge in [-0.1, -0.05) is 38.1 Å². The zero-order valence-corrected chi connectivity index (χ0v) is 14.8. The van der Waals surface area contributed by atoms with E-state index in [1.165, 1.54) is 11.1 Å². The Morgan fingerprint density at radius 2 is 1.82 bits per heavy atom. The molecule has 4 nitrogen and oxygen atoms in total. The van der Waals surface area contributed by atoms with Gasteiger partial charge in [-0.15, -0.1) is 0 Å². The number of aliphatic imine (C=N–C) groups is 1. The van der Waals surface area contributed by atoms with E-state index >= 15 is 0 Å². The summed E-state index contributed by atoms with van der Waals surface area (Å²) in [6.07, 6.45) is 0. The largest absolute Gasteiger partial charge is 0.357 e. The first kappa shape index (κ1) is 18.5. The third-order valence-corrected chi connectivity index (χ3v) is 3.48. The van der Waals surface area contributed by atoms with Crippen molar-refractivity contribution < 1.29 is 0 Å². The molecule has 124 valence electrons. The van der Waals surface area contributed by atoms with Gasteiger partial charge >= 0.3 is 0 Å². The van der Waals surface area contributed by atoms with Gasteiger partial charge in [-0.2, -0.15) is 0 Å². The van der Waals surface area contributed by atoms with Crippen molar-refractivity contribution in [2.24, 2.45) is 4.99 Å². The van der Waals surface area contributed by atoms with Crippen LogP contribution in [0.1, 0.15) is 45.7 Å². The summed E-state index contributed by atoms with van der Waals surface area (Å²) in [6, 6.07) is 9.12. The molecule has 0 saturated carbocycles. The quantitative estimate of drug-likeness (QED) is 0.573. The molecule has 0 aliphatic carbocycles. The van der Waals surface area contributed by atoms with Crippen LogP contribution in [0.2, 0.25) is 0 Å². The molecule has 0 spiro atoms. The maximum atomic E-state index is 4.67. The van der Waals surface area contributed by atoms with Crippen LogP contribution in [0.4, 0.5) is 0 Å². The van der Waals surface area contributed by atoms with Gasteiger partial charge in [-0.05, 0) is 45.0 Å². The van der Waals surface area contributed by atoms with Crippen molar-refractivity contribution in [2.75, 3.05) is 19.6 Å². The van der Waals surface area contributed by atoms with Crippen LogP contribution in [0.25, 0.3) is 0 Å². The fourth-order valence-corrected chi connectivity index (χ4v) is 2.30. The highest BCUT2D eigenvalue weighted by Gasteiger charge is 2.03. The zero-order valence-electron chi connectivity index (χ0n) is 14.8. The summed E-state index contributed by atoms with van der Waals surface area (Å²) in [5, 5.41) is 6.63. The fraction of sp³-hybridized carbons (Fsp3) is 0.611. The zero-order chi connectivity index (χ0) is 16.4. The van der Waals surface area contributed by atoms with Crippen molar-refractivity contribution in [1.82, 2.24) is 15.5 Å². The van der Waals surface area contributed by atoms with Gasteiger partial charge < -0.3 is 10.6 Å². The Balaban J connectivity index is 2.71. The van der Waals surface area contributed by atoms with Crippen LogP contribution in [0, 0.1) is 0 Å². The lowest BCUT2D eigenvalue weighted by atomic mass is 10.1. The minimum Gasteiger partial charge on any atom is -0.357 e. The predicted molar refractivity (Wildman–Crippen MR) is 96.2 cm³/mol. The second-order valence-corrected chi connectivity index (χ2v) is 5.78. The number of nitrogens with zero attached hydrogens (tertiary/aromatic N) is 2. The summed E-state index contributed by atoms with van der Waals surface area (Å²) in [6.45, 7) is 15.5. The average Bonchev–Trinajstić information content (AvgIpc) is 2.50. The minimum atomic E-state index is 0.381. The molecule has 4 heteroatoms. The molecule has 0 atom stereocenters. The van der Waals surface area contributed by atoms with Crippen molar-refractivity contribution >= 4 is 5.96 Å². The van der Waals surface area contributed by atoms with Gasteiger partial charge in [0.25, 0.3) is 0 Å². The molecular formula is C18H32N4. The summed E-state index contributed by atoms with van der Waals surface area (Å²) >= 11 is 0. The van der Waals surface area contributed by atoms with Gasteiger partial charge in [0.1, 0.15) is 0 Å². The van der Waals surface area contributed by atoms with Crippen LogP contribution >= 0.6 is 0 Å². The van der Waals surface area contributed by atoms with Crippen molar-refractivity contribution in [1.29, 1.82) is 0 Å². The van der Waals surface area contributed by atoms with Crippen LogP contribution in [0.15, 0.2) is 29.3 Å². The van der Waals surface area contributed by atoms with Crippen LogP contribution in [-0.4, -0.2) is 36.5 Å². The molecule has 0 aromatic heterocycles. The molecule has 1 rings (SSSR count). The Morgan fingerprint density at radius 1 is 1.14 bits per heavy atom. The second-order valence-electron chi connectivity index (χ2n) is 5.78. The Hall–Kier alpha value is -1.55. The Morgan fingerprint density at radius 3 is 2.41 bits per heavy atom. The standard InChI is InChI=1S/C18H32N4/c1-6-19-18(21-15(4)5)20-13-16-10-9-11-17(12-16)14-22(7-2)8-3/h9-12,15H,6-8,13-14H2,1-5H3,(H2,19,20,21). The summed E-state index contributed by atoms with van der Waals surface area (Å²) < 4.78 is 0. The van der Waals surface area contributed by atoms with Gasteiger partial charge in [-0.3, -0.25) is 4.90 Å². The third kappa shape index (κ3) is 6.94. The van der Waals surface area contributed by atoms with Gasteiger partial charge in [0, 0.05) is 19.1 Å². The molecule has 22 heavy (non-hydrogen) atoms. The van der Waals surface area contributed by atoms with Crippen molar-refractivity contribution in [3.05, 3.63) is 35.4 Å². The first-order valence-corrected chi connectivity index (χ1v) is 8.44. The summed E-state index contributed by atoms with van der Waals surface area (Å²) in [5.74, 6) is 0.881. The topological polar surface area (TPSA) is 39.7 Å². The summed E-state index contributed by atoms with van der Waals surface area (Å²) in [4.78, 5) is 7.09. The van der Waals surface area contributed by atoms with Crippen molar-refractivity contribution in [2.45, 2.75) is 53.8 Å². The van der Waals surface area contributed by atoms with E-state index in [1.807, 2.05) is 0 Å². The molecule has 1 aromatic carbocycles. The fourth-order valence-electron chi connectivity index (χ4n) is 2.30. The first-order valence-electron chi connectivity index (χ1n) is 8.44. The summed E-state index contributed by atoms with van der Waals surface area (Å²) in [5.41, 5.74) is 2.61. The molecule has 0 unspecified atom stereocenters. The molecule has 0 fully saturated rings. The van der Waals surface area contributed by atoms with E-state index in [0.29, 0.717) is 12.6 Å². The molecule has 0 aliphatic rings. The Kier molecular flexibility index (Phi) is 8.60. The normalized spacial score (nSPS) is 12.0. The van der Waals surface area contributed by atoms with Crippen LogP contribution in [0.5, 0.6) is 0 Å². The van der Waals surface area contributed by atoms with E-state index in [9.17, 15) is 0 Å². The molecular weight excluding hydrogens is 272 g/mol. The predicted octanol–water partition coefficient (Wildman–Crippen LogP) is 2.99. The molecule has 2 N–H and O–H groups in total. The highest BCUT2D eigenvalue weighted by Crippen LogP contribution is 2.09. The lowest BCUT2D eigenvalue weighted by Crippen LogP contribution is -2.41. The number of benzene rings is 1. The van der Waals surface area contributed by atoms with E-state index in [1.54, 1.807) is 0 Å². The average molecular weight is 304 g/mol. The second kappa shape index (κ2) is 10.2. The van der Waals surface area contributed by atoms with Crippen molar-refractivity contribution in [3.8, 4) is 0 Å². The number of guanidine groups is 1. The minimum absolute atomic E-state index is 0.381. The third-order valence-electron chi connectivity index (χ3n) is 3.48. The number of rotatable bonds is 8. The molecule has 0 radical (unpaired) electrons. The van der Waals surface area contributed by atoms with Gasteiger partial charge in [0.15, 0.2) is 5.96 Å². The number of hydrogen-bond acceptors (Lipinski definition) is 2. The maximum Gasteiger partial charge on any atom is 0.191 e. The summed E-state index contributed by atoms with van der Waals surface area (Å²) in [7, 11) is 0. The Labute approximate surface area is 136 Å². The van der Waals surface area contributed by atoms with E-state index in [0.717, 1.165) is 32.1 Å². The lowest BCUT2D eigenvalue weighted by Gasteiger charge is -2.18. The van der Waals surface area contributed by atoms with Gasteiger partial charge in [0.2, 0.25) is 0 Å². The molecule has 0 heterocycles. The van der Waals surface area contributed by atoms with Gasteiger partial charge in [0.05, 0.1) is 6.54 Å². The highest BCUT2D eigenvalue weighted by molar-refractivity contribution is 5.79. The molecule has 0 amide bonds. The van der Waals surface area contributed by atoms with Crippen LogP contribution in [0.3, 0.4) is 0 Å². The SMILES string of the molecule is CCNC(=NCc1cccc(CN(CC)CC)c1)NC(C)C. The molecule has 0 aliphatic heterocycles. The van der Waals surface area contributed by atoms with E-state index in [-0.39, 0.29) is 0 Å². The van der Waals surface area contributed by atoms with E-state index in [2.05, 4.69) is 79.4 Å². The lowest BCUT2D eigenvalue weighted by molar-refractivity contribution is 0.296. The smallest absolute Gasteiger partial charge is 0.191 e. The first-order chi connectivity index (χ1) is 10.6. The van der Waals surface area contributed by atoms with E-state index in [4.69, 9.17) is 0 Å². The monoisotopic (exact) mass is 304 g/mol. The molecule has 1 aromatic rings.